The minimum atomic E-state index is -0.697. The fourth-order valence-corrected chi connectivity index (χ4v) is 5.91. The van der Waals surface area contributed by atoms with Crippen molar-refractivity contribution >= 4 is 29.1 Å². The highest BCUT2D eigenvalue weighted by molar-refractivity contribution is 6.30. The molecule has 1 fully saturated rings. The van der Waals surface area contributed by atoms with Crippen LogP contribution in [0.15, 0.2) is 64.8 Å². The standard InChI is InChI=1S/C29H29ClFNO3/c1-17-26(29(34)35-23-5-3-2-4-6-23)27(19-9-13-22(31)14-10-19)28-24(32-17)15-20(16-25(28)33)18-7-11-21(30)12-8-18/h7-14,20,23,26-27H,2-6,15-16H2,1H3/t20-,26?,27-/m1/s1. The minimum absolute atomic E-state index is 0.00493. The van der Waals surface area contributed by atoms with Gasteiger partial charge in [0.15, 0.2) is 5.78 Å². The van der Waals surface area contributed by atoms with E-state index in [0.29, 0.717) is 29.1 Å². The van der Waals surface area contributed by atoms with Crippen LogP contribution in [0.1, 0.15) is 74.8 Å². The van der Waals surface area contributed by atoms with Gasteiger partial charge in [0, 0.05) is 34.3 Å². The lowest BCUT2D eigenvalue weighted by Gasteiger charge is -2.37. The Labute approximate surface area is 210 Å². The molecule has 1 unspecified atom stereocenters. The number of ketones is 1. The van der Waals surface area contributed by atoms with Gasteiger partial charge in [0.05, 0.1) is 0 Å². The van der Waals surface area contributed by atoms with Gasteiger partial charge in [-0.25, -0.2) is 4.39 Å². The number of Topliss-reactive ketones (excluding diaryl/α,β-unsaturated/α-hetero) is 1. The number of halogens is 2. The van der Waals surface area contributed by atoms with Crippen LogP contribution < -0.4 is 0 Å². The second kappa shape index (κ2) is 10.1. The van der Waals surface area contributed by atoms with Crippen molar-refractivity contribution in [1.82, 2.24) is 0 Å². The van der Waals surface area contributed by atoms with Crippen LogP contribution in [-0.4, -0.2) is 23.6 Å². The number of rotatable bonds is 4. The lowest BCUT2D eigenvalue weighted by Crippen LogP contribution is -2.39. The molecule has 1 heterocycles. The van der Waals surface area contributed by atoms with Crippen LogP contribution in [0.4, 0.5) is 4.39 Å². The number of ether oxygens (including phenoxy) is 1. The summed E-state index contributed by atoms with van der Waals surface area (Å²) in [6.07, 6.45) is 5.84. The number of hydrogen-bond donors (Lipinski definition) is 0. The van der Waals surface area contributed by atoms with E-state index in [4.69, 9.17) is 21.3 Å². The van der Waals surface area contributed by atoms with Crippen molar-refractivity contribution < 1.29 is 18.7 Å². The van der Waals surface area contributed by atoms with E-state index in [-0.39, 0.29) is 29.6 Å². The fraction of sp³-hybridized carbons (Fsp3) is 0.414. The molecule has 0 spiro atoms. The van der Waals surface area contributed by atoms with E-state index < -0.39 is 11.8 Å². The maximum atomic E-state index is 13.8. The van der Waals surface area contributed by atoms with Gasteiger partial charge in [-0.2, -0.15) is 0 Å². The maximum absolute atomic E-state index is 13.8. The molecular formula is C29H29ClFNO3. The van der Waals surface area contributed by atoms with Crippen LogP contribution in [0.3, 0.4) is 0 Å². The average molecular weight is 494 g/mol. The molecular weight excluding hydrogens is 465 g/mol. The SMILES string of the molecule is CC1=NC2=C(C(=O)C[C@H](c3ccc(Cl)cc3)C2)[C@H](c2ccc(F)cc2)C1C(=O)OC1CCCCC1. The van der Waals surface area contributed by atoms with Gasteiger partial charge < -0.3 is 4.74 Å². The number of esters is 1. The zero-order valence-electron chi connectivity index (χ0n) is 19.8. The van der Waals surface area contributed by atoms with E-state index in [1.54, 1.807) is 12.1 Å². The first-order valence-corrected chi connectivity index (χ1v) is 12.8. The topological polar surface area (TPSA) is 55.7 Å². The van der Waals surface area contributed by atoms with Crippen LogP contribution in [0, 0.1) is 11.7 Å². The molecule has 0 amide bonds. The van der Waals surface area contributed by atoms with Crippen molar-refractivity contribution in [2.75, 3.05) is 0 Å². The predicted molar refractivity (Wildman–Crippen MR) is 134 cm³/mol. The molecule has 2 aliphatic carbocycles. The predicted octanol–water partition coefficient (Wildman–Crippen LogP) is 6.93. The Bertz CT molecular complexity index is 1180. The van der Waals surface area contributed by atoms with Crippen LogP contribution >= 0.6 is 11.6 Å². The van der Waals surface area contributed by atoms with Crippen LogP contribution in [0.5, 0.6) is 0 Å². The van der Waals surface area contributed by atoms with Gasteiger partial charge >= 0.3 is 5.97 Å². The van der Waals surface area contributed by atoms with Gasteiger partial charge in [0.2, 0.25) is 0 Å². The molecule has 0 bridgehead atoms. The number of allylic oxidation sites excluding steroid dienone is 2. The van der Waals surface area contributed by atoms with Crippen LogP contribution in [-0.2, 0) is 14.3 Å². The van der Waals surface area contributed by atoms with Gasteiger partial charge in [-0.3, -0.25) is 14.6 Å². The number of benzene rings is 2. The summed E-state index contributed by atoms with van der Waals surface area (Å²) in [7, 11) is 0. The minimum Gasteiger partial charge on any atom is -0.462 e. The molecule has 4 nitrogen and oxygen atoms in total. The average Bonchev–Trinajstić information content (AvgIpc) is 2.84. The molecule has 0 radical (unpaired) electrons. The Kier molecular flexibility index (Phi) is 6.88. The summed E-state index contributed by atoms with van der Waals surface area (Å²) >= 11 is 6.05. The summed E-state index contributed by atoms with van der Waals surface area (Å²) in [5.74, 6) is -1.95. The van der Waals surface area contributed by atoms with E-state index in [2.05, 4.69) is 0 Å². The number of hydrogen-bond acceptors (Lipinski definition) is 4. The summed E-state index contributed by atoms with van der Waals surface area (Å²) < 4.78 is 19.7. The van der Waals surface area contributed by atoms with Crippen LogP contribution in [0.25, 0.3) is 0 Å². The quantitative estimate of drug-likeness (QED) is 0.434. The third-order valence-corrected chi connectivity index (χ3v) is 7.80. The van der Waals surface area contributed by atoms with Crippen molar-refractivity contribution in [1.29, 1.82) is 0 Å². The molecule has 2 aromatic carbocycles. The van der Waals surface area contributed by atoms with Crippen molar-refractivity contribution in [2.24, 2.45) is 10.9 Å². The van der Waals surface area contributed by atoms with E-state index >= 15 is 0 Å². The second-order valence-corrected chi connectivity index (χ2v) is 10.3. The van der Waals surface area contributed by atoms with Crippen molar-refractivity contribution in [3.8, 4) is 0 Å². The van der Waals surface area contributed by atoms with Crippen molar-refractivity contribution in [2.45, 2.75) is 69.8 Å². The molecule has 3 atom stereocenters. The molecule has 1 aliphatic heterocycles. The number of nitrogens with zero attached hydrogens (tertiary/aromatic N) is 1. The summed E-state index contributed by atoms with van der Waals surface area (Å²) in [6, 6.07) is 13.7. The molecule has 35 heavy (non-hydrogen) atoms. The summed E-state index contributed by atoms with van der Waals surface area (Å²) in [6.45, 7) is 1.84. The van der Waals surface area contributed by atoms with Gasteiger partial charge in [-0.15, -0.1) is 0 Å². The van der Waals surface area contributed by atoms with Gasteiger partial charge in [0.1, 0.15) is 17.8 Å². The zero-order valence-corrected chi connectivity index (χ0v) is 20.6. The highest BCUT2D eigenvalue weighted by atomic mass is 35.5. The van der Waals surface area contributed by atoms with Gasteiger partial charge in [0.25, 0.3) is 0 Å². The first-order valence-electron chi connectivity index (χ1n) is 12.4. The molecule has 0 N–H and O–H groups in total. The largest absolute Gasteiger partial charge is 0.462 e. The second-order valence-electron chi connectivity index (χ2n) is 9.90. The van der Waals surface area contributed by atoms with E-state index in [0.717, 1.165) is 48.9 Å². The summed E-state index contributed by atoms with van der Waals surface area (Å²) in [5.41, 5.74) is 3.70. The first-order chi connectivity index (χ1) is 16.9. The molecule has 0 saturated heterocycles. The Morgan fingerprint density at radius 3 is 2.31 bits per heavy atom. The normalized spacial score (nSPS) is 25.2. The highest BCUT2D eigenvalue weighted by Crippen LogP contribution is 2.47. The molecule has 1 saturated carbocycles. The van der Waals surface area contributed by atoms with Gasteiger partial charge in [-0.05, 0) is 80.3 Å². The molecule has 6 heteroatoms. The highest BCUT2D eigenvalue weighted by Gasteiger charge is 2.45. The molecule has 182 valence electrons. The Morgan fingerprint density at radius 2 is 1.63 bits per heavy atom. The van der Waals surface area contributed by atoms with E-state index in [1.807, 2.05) is 31.2 Å². The zero-order chi connectivity index (χ0) is 24.5. The number of carbonyl (C=O) groups excluding carboxylic acids is 2. The van der Waals surface area contributed by atoms with Gasteiger partial charge in [-0.1, -0.05) is 42.3 Å². The molecule has 5 rings (SSSR count). The van der Waals surface area contributed by atoms with E-state index in [9.17, 15) is 14.0 Å². The molecule has 3 aliphatic rings. The number of aliphatic imine (C=N–C) groups is 1. The lowest BCUT2D eigenvalue weighted by molar-refractivity contribution is -0.153. The maximum Gasteiger partial charge on any atom is 0.315 e. The Balaban J connectivity index is 1.51. The Morgan fingerprint density at radius 1 is 0.971 bits per heavy atom. The van der Waals surface area contributed by atoms with Crippen molar-refractivity contribution in [3.05, 3.63) is 81.8 Å². The molecule has 0 aromatic heterocycles. The lowest BCUT2D eigenvalue weighted by atomic mass is 9.69. The van der Waals surface area contributed by atoms with Crippen LogP contribution in [0.2, 0.25) is 5.02 Å². The Hall–Kier alpha value is -2.79. The fourth-order valence-electron chi connectivity index (χ4n) is 5.79. The smallest absolute Gasteiger partial charge is 0.315 e. The van der Waals surface area contributed by atoms with Crippen molar-refractivity contribution in [3.63, 3.8) is 0 Å². The molecule has 2 aromatic rings. The van der Waals surface area contributed by atoms with E-state index in [1.165, 1.54) is 12.1 Å². The first kappa shape index (κ1) is 23.9. The summed E-state index contributed by atoms with van der Waals surface area (Å²) in [5, 5.41) is 0.651. The number of carbonyl (C=O) groups is 2. The monoisotopic (exact) mass is 493 g/mol. The third kappa shape index (κ3) is 4.97. The third-order valence-electron chi connectivity index (χ3n) is 7.55. The summed E-state index contributed by atoms with van der Waals surface area (Å²) in [4.78, 5) is 31.9.